The first-order chi connectivity index (χ1) is 12.6. The zero-order valence-electron chi connectivity index (χ0n) is 14.3. The summed E-state index contributed by atoms with van der Waals surface area (Å²) in [7, 11) is 0. The summed E-state index contributed by atoms with van der Waals surface area (Å²) in [5, 5.41) is 0. The molecule has 128 valence electrons. The monoisotopic (exact) mass is 452 g/mol. The van der Waals surface area contributed by atoms with Crippen molar-refractivity contribution >= 4 is 28.6 Å². The summed E-state index contributed by atoms with van der Waals surface area (Å²) >= 11 is 2.27. The van der Waals surface area contributed by atoms with Gasteiger partial charge in [-0.3, -0.25) is 0 Å². The molecule has 3 rings (SSSR count). The second-order valence-electron chi connectivity index (χ2n) is 5.72. The van der Waals surface area contributed by atoms with Gasteiger partial charge in [0.05, 0.1) is 5.56 Å². The Kier molecular flexibility index (Phi) is 6.08. The molecule has 0 saturated heterocycles. The van der Waals surface area contributed by atoms with E-state index in [0.717, 1.165) is 17.5 Å². The average molecular weight is 452 g/mol. The van der Waals surface area contributed by atoms with E-state index in [1.54, 1.807) is 12.1 Å². The Labute approximate surface area is 167 Å². The van der Waals surface area contributed by atoms with Crippen molar-refractivity contribution in [3.05, 3.63) is 98.6 Å². The number of esters is 1. The smallest absolute Gasteiger partial charge is 0.343 e. The first-order valence-corrected chi connectivity index (χ1v) is 9.40. The van der Waals surface area contributed by atoms with Crippen molar-refractivity contribution in [1.82, 2.24) is 0 Å². The van der Waals surface area contributed by atoms with Gasteiger partial charge in [-0.2, -0.15) is 0 Å². The number of aryl methyl sites for hydroxylation is 1. The minimum Gasteiger partial charge on any atom is -0.423 e. The van der Waals surface area contributed by atoms with Crippen molar-refractivity contribution < 1.29 is 9.53 Å². The molecule has 0 heterocycles. The second-order valence-corrected chi connectivity index (χ2v) is 6.97. The molecule has 0 radical (unpaired) electrons. The van der Waals surface area contributed by atoms with Gasteiger partial charge in [0.2, 0.25) is 0 Å². The fourth-order valence-electron chi connectivity index (χ4n) is 2.33. The summed E-state index contributed by atoms with van der Waals surface area (Å²) in [5.74, 6) is 6.40. The van der Waals surface area contributed by atoms with Crippen molar-refractivity contribution in [2.75, 3.05) is 0 Å². The molecule has 3 aromatic rings. The van der Waals surface area contributed by atoms with Crippen LogP contribution in [-0.4, -0.2) is 5.97 Å². The third-order valence-electron chi connectivity index (χ3n) is 3.86. The molecule has 0 fully saturated rings. The van der Waals surface area contributed by atoms with Gasteiger partial charge in [0.1, 0.15) is 5.75 Å². The van der Waals surface area contributed by atoms with Gasteiger partial charge in [-0.1, -0.05) is 30.9 Å². The topological polar surface area (TPSA) is 26.3 Å². The van der Waals surface area contributed by atoms with Gasteiger partial charge in [0.15, 0.2) is 0 Å². The molecule has 0 spiro atoms. The maximum absolute atomic E-state index is 12.2. The van der Waals surface area contributed by atoms with Gasteiger partial charge >= 0.3 is 5.97 Å². The van der Waals surface area contributed by atoms with Crippen LogP contribution in [0, 0.1) is 15.4 Å². The molecule has 0 aliphatic heterocycles. The number of carbonyl (C=O) groups excluding carboxylic acids is 1. The summed E-state index contributed by atoms with van der Waals surface area (Å²) in [5.41, 5.74) is 3.53. The van der Waals surface area contributed by atoms with Gasteiger partial charge in [-0.25, -0.2) is 4.79 Å². The number of carbonyl (C=O) groups is 1. The van der Waals surface area contributed by atoms with Gasteiger partial charge < -0.3 is 4.74 Å². The first-order valence-electron chi connectivity index (χ1n) is 8.33. The van der Waals surface area contributed by atoms with E-state index in [1.165, 1.54) is 9.13 Å². The number of benzene rings is 3. The number of halogens is 1. The summed E-state index contributed by atoms with van der Waals surface area (Å²) in [6.45, 7) is 2.09. The molecule has 0 aliphatic rings. The van der Waals surface area contributed by atoms with Crippen LogP contribution in [0.2, 0.25) is 0 Å². The van der Waals surface area contributed by atoms with Crippen molar-refractivity contribution in [2.24, 2.45) is 0 Å². The first kappa shape index (κ1) is 18.2. The summed E-state index contributed by atoms with van der Waals surface area (Å²) in [4.78, 5) is 12.2. The largest absolute Gasteiger partial charge is 0.423 e. The highest BCUT2D eigenvalue weighted by Crippen LogP contribution is 2.15. The van der Waals surface area contributed by atoms with E-state index in [0.29, 0.717) is 11.3 Å². The van der Waals surface area contributed by atoms with E-state index in [1.807, 2.05) is 60.7 Å². The van der Waals surface area contributed by atoms with Crippen LogP contribution in [0.25, 0.3) is 0 Å². The fraction of sp³-hybridized carbons (Fsp3) is 0.0870. The Morgan fingerprint density at radius 3 is 1.92 bits per heavy atom. The van der Waals surface area contributed by atoms with Crippen molar-refractivity contribution in [1.29, 1.82) is 0 Å². The highest BCUT2D eigenvalue weighted by Gasteiger charge is 2.08. The van der Waals surface area contributed by atoms with Crippen LogP contribution in [0.5, 0.6) is 5.75 Å². The second kappa shape index (κ2) is 8.68. The Morgan fingerprint density at radius 1 is 0.846 bits per heavy atom. The van der Waals surface area contributed by atoms with Crippen LogP contribution < -0.4 is 4.74 Å². The van der Waals surface area contributed by atoms with Crippen LogP contribution in [0.15, 0.2) is 72.8 Å². The molecule has 0 atom stereocenters. The Balaban J connectivity index is 1.66. The number of hydrogen-bond acceptors (Lipinski definition) is 2. The zero-order valence-corrected chi connectivity index (χ0v) is 16.5. The third-order valence-corrected chi connectivity index (χ3v) is 4.58. The molecule has 26 heavy (non-hydrogen) atoms. The standard InChI is InChI=1S/C23H17IO2/c1-2-17-9-15-22(16-10-17)26-23(25)20-11-5-18(6-12-20)3-4-19-7-13-21(24)14-8-19/h5-16H,2H2,1H3. The molecule has 0 N–H and O–H groups in total. The van der Waals surface area contributed by atoms with Crippen molar-refractivity contribution in [2.45, 2.75) is 13.3 Å². The summed E-state index contributed by atoms with van der Waals surface area (Å²) in [6.07, 6.45) is 0.957. The fourth-order valence-corrected chi connectivity index (χ4v) is 2.69. The van der Waals surface area contributed by atoms with Gasteiger partial charge in [0.25, 0.3) is 0 Å². The predicted octanol–water partition coefficient (Wildman–Crippen LogP) is 5.47. The lowest BCUT2D eigenvalue weighted by atomic mass is 10.1. The summed E-state index contributed by atoms with van der Waals surface area (Å²) in [6, 6.07) is 22.7. The van der Waals surface area contributed by atoms with E-state index in [4.69, 9.17) is 4.74 Å². The van der Waals surface area contributed by atoms with E-state index < -0.39 is 0 Å². The van der Waals surface area contributed by atoms with Gasteiger partial charge in [-0.15, -0.1) is 0 Å². The number of ether oxygens (including phenoxy) is 1. The van der Waals surface area contributed by atoms with Crippen LogP contribution in [0.3, 0.4) is 0 Å². The maximum Gasteiger partial charge on any atom is 0.343 e. The molecule has 0 bridgehead atoms. The Bertz CT molecular complexity index is 944. The molecule has 0 aliphatic carbocycles. The van der Waals surface area contributed by atoms with Gasteiger partial charge in [-0.05, 0) is 95.2 Å². The summed E-state index contributed by atoms with van der Waals surface area (Å²) < 4.78 is 6.59. The number of hydrogen-bond donors (Lipinski definition) is 0. The SMILES string of the molecule is CCc1ccc(OC(=O)c2ccc(C#Cc3ccc(I)cc3)cc2)cc1. The Hall–Kier alpha value is -2.58. The molecule has 0 aromatic heterocycles. The Morgan fingerprint density at radius 2 is 1.38 bits per heavy atom. The third kappa shape index (κ3) is 4.96. The van der Waals surface area contributed by atoms with Crippen molar-refractivity contribution in [3.8, 4) is 17.6 Å². The minimum absolute atomic E-state index is 0.369. The highest BCUT2D eigenvalue weighted by atomic mass is 127. The van der Waals surface area contributed by atoms with Crippen molar-refractivity contribution in [3.63, 3.8) is 0 Å². The molecule has 2 nitrogen and oxygen atoms in total. The van der Waals surface area contributed by atoms with Crippen LogP contribution in [0.1, 0.15) is 34.0 Å². The molecule has 0 unspecified atom stereocenters. The lowest BCUT2D eigenvalue weighted by molar-refractivity contribution is 0.0734. The molecule has 3 heteroatoms. The highest BCUT2D eigenvalue weighted by molar-refractivity contribution is 14.1. The maximum atomic E-state index is 12.2. The predicted molar refractivity (Wildman–Crippen MR) is 112 cm³/mol. The molecule has 3 aromatic carbocycles. The van der Waals surface area contributed by atoms with E-state index >= 15 is 0 Å². The number of rotatable bonds is 3. The lowest BCUT2D eigenvalue weighted by Gasteiger charge is -2.05. The molecule has 0 saturated carbocycles. The zero-order chi connectivity index (χ0) is 18.4. The molecular formula is C23H17IO2. The van der Waals surface area contributed by atoms with Gasteiger partial charge in [0, 0.05) is 14.7 Å². The van der Waals surface area contributed by atoms with E-state index in [2.05, 4.69) is 41.4 Å². The molecule has 0 amide bonds. The van der Waals surface area contributed by atoms with E-state index in [-0.39, 0.29) is 5.97 Å². The average Bonchev–Trinajstić information content (AvgIpc) is 2.68. The van der Waals surface area contributed by atoms with Crippen LogP contribution in [-0.2, 0) is 6.42 Å². The minimum atomic E-state index is -0.369. The quantitative estimate of drug-likeness (QED) is 0.228. The van der Waals surface area contributed by atoms with Crippen LogP contribution in [0.4, 0.5) is 0 Å². The lowest BCUT2D eigenvalue weighted by Crippen LogP contribution is -2.08. The van der Waals surface area contributed by atoms with E-state index in [9.17, 15) is 4.79 Å². The van der Waals surface area contributed by atoms with Crippen LogP contribution >= 0.6 is 22.6 Å². The molecular weight excluding hydrogens is 435 g/mol. The normalized spacial score (nSPS) is 9.92.